The topological polar surface area (TPSA) is 44.9 Å². The molecule has 0 N–H and O–H groups in total. The Hall–Kier alpha value is -2.28. The monoisotopic (exact) mass is 268 g/mol. The zero-order valence-electron chi connectivity index (χ0n) is 12.3. The molecule has 1 aromatic carbocycles. The standard InChI is InChI=1S/C16H20N4/c1-4-14-10-16(20(5-2)18-14)12-19(3)15-8-6-13(11-17)7-9-15/h6-10H,4-5,12H2,1-3H3. The second kappa shape index (κ2) is 6.25. The minimum absolute atomic E-state index is 0.689. The number of hydrogen-bond acceptors (Lipinski definition) is 3. The van der Waals surface area contributed by atoms with Crippen LogP contribution in [0, 0.1) is 11.3 Å². The van der Waals surface area contributed by atoms with Gasteiger partial charge in [-0.2, -0.15) is 10.4 Å². The number of benzene rings is 1. The highest BCUT2D eigenvalue weighted by Gasteiger charge is 2.09. The highest BCUT2D eigenvalue weighted by molar-refractivity contribution is 5.49. The summed E-state index contributed by atoms with van der Waals surface area (Å²) in [6.45, 7) is 5.93. The summed E-state index contributed by atoms with van der Waals surface area (Å²) in [6, 6.07) is 12.0. The summed E-state index contributed by atoms with van der Waals surface area (Å²) in [4.78, 5) is 2.17. The zero-order chi connectivity index (χ0) is 14.5. The molecule has 0 fully saturated rings. The van der Waals surface area contributed by atoms with Gasteiger partial charge in [-0.3, -0.25) is 4.68 Å². The number of aryl methyl sites for hydroxylation is 2. The van der Waals surface area contributed by atoms with Crippen LogP contribution < -0.4 is 4.90 Å². The van der Waals surface area contributed by atoms with E-state index in [1.807, 2.05) is 24.3 Å². The Morgan fingerprint density at radius 2 is 1.95 bits per heavy atom. The van der Waals surface area contributed by atoms with Gasteiger partial charge in [0.1, 0.15) is 0 Å². The summed E-state index contributed by atoms with van der Waals surface area (Å²) in [5.74, 6) is 0. The van der Waals surface area contributed by atoms with Crippen molar-refractivity contribution in [3.05, 3.63) is 47.3 Å². The molecule has 4 heteroatoms. The van der Waals surface area contributed by atoms with Gasteiger partial charge < -0.3 is 4.90 Å². The molecule has 0 saturated heterocycles. The van der Waals surface area contributed by atoms with Gasteiger partial charge in [0.05, 0.1) is 29.6 Å². The van der Waals surface area contributed by atoms with E-state index in [1.165, 1.54) is 5.69 Å². The van der Waals surface area contributed by atoms with Gasteiger partial charge in [0.15, 0.2) is 0 Å². The first-order valence-electron chi connectivity index (χ1n) is 6.94. The molecule has 0 bridgehead atoms. The van der Waals surface area contributed by atoms with Gasteiger partial charge in [0.25, 0.3) is 0 Å². The highest BCUT2D eigenvalue weighted by atomic mass is 15.3. The molecule has 104 valence electrons. The number of nitriles is 1. The first-order valence-corrected chi connectivity index (χ1v) is 6.94. The largest absolute Gasteiger partial charge is 0.369 e. The number of hydrogen-bond donors (Lipinski definition) is 0. The van der Waals surface area contributed by atoms with Crippen molar-refractivity contribution in [3.63, 3.8) is 0 Å². The summed E-state index contributed by atoms with van der Waals surface area (Å²) in [5, 5.41) is 13.4. The molecule has 0 unspecified atom stereocenters. The molecule has 0 atom stereocenters. The minimum atomic E-state index is 0.689. The lowest BCUT2D eigenvalue weighted by Crippen LogP contribution is -2.19. The van der Waals surface area contributed by atoms with Gasteiger partial charge in [-0.15, -0.1) is 0 Å². The summed E-state index contributed by atoms with van der Waals surface area (Å²) in [7, 11) is 2.06. The van der Waals surface area contributed by atoms with Crippen molar-refractivity contribution in [3.8, 4) is 6.07 Å². The van der Waals surface area contributed by atoms with Crippen molar-refractivity contribution < 1.29 is 0 Å². The van der Waals surface area contributed by atoms with E-state index in [9.17, 15) is 0 Å². The van der Waals surface area contributed by atoms with Crippen molar-refractivity contribution in [2.24, 2.45) is 0 Å². The third-order valence-electron chi connectivity index (χ3n) is 3.41. The maximum atomic E-state index is 8.83. The molecule has 0 amide bonds. The van der Waals surface area contributed by atoms with Gasteiger partial charge in [-0.25, -0.2) is 0 Å². The van der Waals surface area contributed by atoms with Crippen LogP contribution in [0.4, 0.5) is 5.69 Å². The van der Waals surface area contributed by atoms with Crippen molar-refractivity contribution in [2.45, 2.75) is 33.4 Å². The van der Waals surface area contributed by atoms with E-state index in [2.05, 4.69) is 47.7 Å². The first kappa shape index (κ1) is 14.1. The van der Waals surface area contributed by atoms with Gasteiger partial charge >= 0.3 is 0 Å². The Labute approximate surface area is 120 Å². The fraction of sp³-hybridized carbons (Fsp3) is 0.375. The highest BCUT2D eigenvalue weighted by Crippen LogP contribution is 2.17. The molecule has 2 aromatic rings. The van der Waals surface area contributed by atoms with Crippen LogP contribution in [0.15, 0.2) is 30.3 Å². The first-order chi connectivity index (χ1) is 9.67. The van der Waals surface area contributed by atoms with Crippen LogP contribution >= 0.6 is 0 Å². The number of rotatable bonds is 5. The van der Waals surface area contributed by atoms with Crippen LogP contribution in [0.1, 0.15) is 30.8 Å². The quantitative estimate of drug-likeness (QED) is 0.837. The predicted molar refractivity (Wildman–Crippen MR) is 80.5 cm³/mol. The Kier molecular flexibility index (Phi) is 4.41. The third-order valence-corrected chi connectivity index (χ3v) is 3.41. The average molecular weight is 268 g/mol. The number of anilines is 1. The molecule has 0 aliphatic rings. The van der Waals surface area contributed by atoms with Gasteiger partial charge in [0.2, 0.25) is 0 Å². The molecular weight excluding hydrogens is 248 g/mol. The van der Waals surface area contributed by atoms with E-state index in [0.29, 0.717) is 5.56 Å². The van der Waals surface area contributed by atoms with E-state index in [4.69, 9.17) is 5.26 Å². The summed E-state index contributed by atoms with van der Waals surface area (Å²) in [6.07, 6.45) is 0.959. The molecule has 0 saturated carbocycles. The van der Waals surface area contributed by atoms with Crippen molar-refractivity contribution in [2.75, 3.05) is 11.9 Å². The minimum Gasteiger partial charge on any atom is -0.369 e. The van der Waals surface area contributed by atoms with E-state index in [0.717, 1.165) is 30.9 Å². The van der Waals surface area contributed by atoms with Crippen molar-refractivity contribution in [1.82, 2.24) is 9.78 Å². The molecule has 0 aliphatic carbocycles. The van der Waals surface area contributed by atoms with Crippen LogP contribution in [-0.2, 0) is 19.5 Å². The maximum Gasteiger partial charge on any atom is 0.0991 e. The molecule has 20 heavy (non-hydrogen) atoms. The second-order valence-corrected chi connectivity index (χ2v) is 4.81. The van der Waals surface area contributed by atoms with Crippen LogP contribution in [-0.4, -0.2) is 16.8 Å². The van der Waals surface area contributed by atoms with Crippen molar-refractivity contribution >= 4 is 5.69 Å². The molecule has 0 aliphatic heterocycles. The normalized spacial score (nSPS) is 10.3. The lowest BCUT2D eigenvalue weighted by atomic mass is 10.2. The fourth-order valence-corrected chi connectivity index (χ4v) is 2.21. The van der Waals surface area contributed by atoms with E-state index >= 15 is 0 Å². The SMILES string of the molecule is CCc1cc(CN(C)c2ccc(C#N)cc2)n(CC)n1. The lowest BCUT2D eigenvalue weighted by Gasteiger charge is -2.19. The smallest absolute Gasteiger partial charge is 0.0991 e. The Morgan fingerprint density at radius 3 is 2.50 bits per heavy atom. The molecule has 4 nitrogen and oxygen atoms in total. The maximum absolute atomic E-state index is 8.83. The lowest BCUT2D eigenvalue weighted by molar-refractivity contribution is 0.610. The van der Waals surface area contributed by atoms with E-state index in [1.54, 1.807) is 0 Å². The number of nitrogens with zero attached hydrogens (tertiary/aromatic N) is 4. The number of aromatic nitrogens is 2. The average Bonchev–Trinajstić information content (AvgIpc) is 2.89. The predicted octanol–water partition coefficient (Wildman–Crippen LogP) is 2.97. The van der Waals surface area contributed by atoms with Gasteiger partial charge in [-0.05, 0) is 43.7 Å². The Morgan fingerprint density at radius 1 is 1.25 bits per heavy atom. The molecule has 0 radical (unpaired) electrons. The van der Waals surface area contributed by atoms with Crippen LogP contribution in [0.2, 0.25) is 0 Å². The Bertz CT molecular complexity index is 604. The van der Waals surface area contributed by atoms with E-state index in [-0.39, 0.29) is 0 Å². The Balaban J connectivity index is 2.16. The van der Waals surface area contributed by atoms with Crippen LogP contribution in [0.5, 0.6) is 0 Å². The van der Waals surface area contributed by atoms with Crippen LogP contribution in [0.25, 0.3) is 0 Å². The van der Waals surface area contributed by atoms with Gasteiger partial charge in [-0.1, -0.05) is 6.92 Å². The molecule has 0 spiro atoms. The summed E-state index contributed by atoms with van der Waals surface area (Å²) in [5.41, 5.74) is 4.14. The fourth-order valence-electron chi connectivity index (χ4n) is 2.21. The zero-order valence-corrected chi connectivity index (χ0v) is 12.3. The molecular formula is C16H20N4. The van der Waals surface area contributed by atoms with Crippen molar-refractivity contribution in [1.29, 1.82) is 5.26 Å². The second-order valence-electron chi connectivity index (χ2n) is 4.81. The third kappa shape index (κ3) is 3.00. The van der Waals surface area contributed by atoms with Crippen LogP contribution in [0.3, 0.4) is 0 Å². The van der Waals surface area contributed by atoms with E-state index < -0.39 is 0 Å². The van der Waals surface area contributed by atoms with Gasteiger partial charge in [0, 0.05) is 19.3 Å². The molecule has 2 rings (SSSR count). The molecule has 1 aromatic heterocycles. The summed E-state index contributed by atoms with van der Waals surface area (Å²) < 4.78 is 2.05. The summed E-state index contributed by atoms with van der Waals surface area (Å²) >= 11 is 0. The molecule has 1 heterocycles.